The molecule has 100 valence electrons. The van der Waals surface area contributed by atoms with Crippen LogP contribution < -0.4 is 4.74 Å². The molecule has 0 aliphatic heterocycles. The van der Waals surface area contributed by atoms with Gasteiger partial charge in [0.15, 0.2) is 0 Å². The molecule has 0 aliphatic carbocycles. The Balaban J connectivity index is 3.09. The third kappa shape index (κ3) is 3.14. The van der Waals surface area contributed by atoms with E-state index in [4.69, 9.17) is 4.74 Å². The van der Waals surface area contributed by atoms with Crippen molar-refractivity contribution >= 4 is 0 Å². The van der Waals surface area contributed by atoms with Gasteiger partial charge in [0.05, 0.1) is 7.11 Å². The Morgan fingerprint density at radius 1 is 1.44 bits per heavy atom. The fourth-order valence-electron chi connectivity index (χ4n) is 2.30. The monoisotopic (exact) mass is 247 g/mol. The average Bonchev–Trinajstić information content (AvgIpc) is 2.37. The highest BCUT2D eigenvalue weighted by molar-refractivity contribution is 5.37. The van der Waals surface area contributed by atoms with Gasteiger partial charge in [0.2, 0.25) is 0 Å². The van der Waals surface area contributed by atoms with E-state index in [2.05, 4.69) is 57.6 Å². The zero-order chi connectivity index (χ0) is 13.8. The molecule has 0 amide bonds. The number of nitrogens with zero attached hydrogens (tertiary/aromatic N) is 1. The predicted molar refractivity (Wildman–Crippen MR) is 78.3 cm³/mol. The van der Waals surface area contributed by atoms with Crippen molar-refractivity contribution in [1.29, 1.82) is 0 Å². The van der Waals surface area contributed by atoms with Crippen LogP contribution in [-0.2, 0) is 5.41 Å². The van der Waals surface area contributed by atoms with Gasteiger partial charge in [0.1, 0.15) is 5.75 Å². The molecule has 0 aliphatic rings. The lowest BCUT2D eigenvalue weighted by atomic mass is 9.72. The largest absolute Gasteiger partial charge is 0.497 e. The maximum absolute atomic E-state index is 5.31. The number of hydrogen-bond donors (Lipinski definition) is 0. The highest BCUT2D eigenvalue weighted by atomic mass is 16.5. The Bertz CT molecular complexity index is 400. The van der Waals surface area contributed by atoms with Crippen LogP contribution >= 0.6 is 0 Å². The van der Waals surface area contributed by atoms with Gasteiger partial charge in [-0.1, -0.05) is 32.1 Å². The normalized spacial score (nSPS) is 16.1. The van der Waals surface area contributed by atoms with Crippen molar-refractivity contribution in [2.24, 2.45) is 5.92 Å². The van der Waals surface area contributed by atoms with Crippen molar-refractivity contribution in [1.82, 2.24) is 4.90 Å². The van der Waals surface area contributed by atoms with Crippen molar-refractivity contribution in [3.63, 3.8) is 0 Å². The van der Waals surface area contributed by atoms with Gasteiger partial charge in [0.25, 0.3) is 0 Å². The zero-order valence-electron chi connectivity index (χ0n) is 12.2. The molecule has 18 heavy (non-hydrogen) atoms. The van der Waals surface area contributed by atoms with E-state index in [1.165, 1.54) is 5.56 Å². The Kier molecular flexibility index (Phi) is 4.97. The number of benzene rings is 1. The van der Waals surface area contributed by atoms with Gasteiger partial charge in [-0.15, -0.1) is 6.58 Å². The van der Waals surface area contributed by atoms with Crippen molar-refractivity contribution in [3.8, 4) is 5.75 Å². The lowest BCUT2D eigenvalue weighted by Gasteiger charge is -2.35. The minimum absolute atomic E-state index is 0.0428. The van der Waals surface area contributed by atoms with E-state index in [9.17, 15) is 0 Å². The van der Waals surface area contributed by atoms with Gasteiger partial charge < -0.3 is 9.64 Å². The predicted octanol–water partition coefficient (Wildman–Crippen LogP) is 3.34. The van der Waals surface area contributed by atoms with E-state index < -0.39 is 0 Å². The van der Waals surface area contributed by atoms with Crippen molar-refractivity contribution < 1.29 is 4.74 Å². The van der Waals surface area contributed by atoms with Gasteiger partial charge in [0, 0.05) is 12.0 Å². The molecule has 2 atom stereocenters. The van der Waals surface area contributed by atoms with Crippen LogP contribution in [0.3, 0.4) is 0 Å². The first-order valence-electron chi connectivity index (χ1n) is 6.37. The first kappa shape index (κ1) is 14.8. The number of rotatable bonds is 6. The summed E-state index contributed by atoms with van der Waals surface area (Å²) in [6.07, 6.45) is 2.05. The van der Waals surface area contributed by atoms with Crippen LogP contribution in [0.4, 0.5) is 0 Å². The van der Waals surface area contributed by atoms with Crippen LogP contribution in [0.25, 0.3) is 0 Å². The SMILES string of the molecule is C=C[C@@](C)(c1cccc(OC)c1)[C@H](C)CN(C)C. The van der Waals surface area contributed by atoms with E-state index >= 15 is 0 Å². The second-order valence-corrected chi connectivity index (χ2v) is 5.38. The second kappa shape index (κ2) is 6.05. The molecule has 2 heteroatoms. The molecule has 0 unspecified atom stereocenters. The Morgan fingerprint density at radius 3 is 2.61 bits per heavy atom. The molecule has 1 aromatic rings. The highest BCUT2D eigenvalue weighted by Gasteiger charge is 2.30. The number of allylic oxidation sites excluding steroid dienone is 1. The quantitative estimate of drug-likeness (QED) is 0.715. The minimum atomic E-state index is -0.0428. The molecule has 0 bridgehead atoms. The van der Waals surface area contributed by atoms with E-state index in [1.54, 1.807) is 7.11 Å². The molecule has 0 aromatic heterocycles. The summed E-state index contributed by atoms with van der Waals surface area (Å²) in [5.74, 6) is 1.38. The molecular formula is C16H25NO. The summed E-state index contributed by atoms with van der Waals surface area (Å²) in [5.41, 5.74) is 1.21. The Labute approximate surface area is 111 Å². The molecule has 1 aromatic carbocycles. The number of methoxy groups -OCH3 is 1. The molecule has 0 fully saturated rings. The molecular weight excluding hydrogens is 222 g/mol. The molecule has 0 saturated carbocycles. The van der Waals surface area contributed by atoms with Crippen LogP contribution in [0.2, 0.25) is 0 Å². The summed E-state index contributed by atoms with van der Waals surface area (Å²) in [4.78, 5) is 2.21. The topological polar surface area (TPSA) is 12.5 Å². The van der Waals surface area contributed by atoms with E-state index in [1.807, 2.05) is 12.1 Å². The van der Waals surface area contributed by atoms with Gasteiger partial charge in [-0.2, -0.15) is 0 Å². The van der Waals surface area contributed by atoms with Crippen LogP contribution in [0.15, 0.2) is 36.9 Å². The summed E-state index contributed by atoms with van der Waals surface area (Å²) in [5, 5.41) is 0. The fraction of sp³-hybridized carbons (Fsp3) is 0.500. The lowest BCUT2D eigenvalue weighted by molar-refractivity contribution is 0.273. The van der Waals surface area contributed by atoms with Crippen LogP contribution in [-0.4, -0.2) is 32.6 Å². The van der Waals surface area contributed by atoms with Crippen molar-refractivity contribution in [3.05, 3.63) is 42.5 Å². The number of hydrogen-bond acceptors (Lipinski definition) is 2. The molecule has 1 rings (SSSR count). The zero-order valence-corrected chi connectivity index (χ0v) is 12.2. The number of ether oxygens (including phenoxy) is 1. The lowest BCUT2D eigenvalue weighted by Crippen LogP contribution is -2.35. The summed E-state index contributed by atoms with van der Waals surface area (Å²) in [6, 6.07) is 8.27. The molecule has 2 nitrogen and oxygen atoms in total. The Morgan fingerprint density at radius 2 is 2.11 bits per heavy atom. The Hall–Kier alpha value is -1.28. The standard InChI is InChI=1S/C16H25NO/c1-7-16(3,13(2)12-17(4)5)14-9-8-10-15(11-14)18-6/h7-11,13H,1,12H2,2-6H3/t13-,16-/m1/s1. The molecule has 0 heterocycles. The second-order valence-electron chi connectivity index (χ2n) is 5.38. The molecule has 0 radical (unpaired) electrons. The maximum atomic E-state index is 5.31. The van der Waals surface area contributed by atoms with E-state index in [0.29, 0.717) is 5.92 Å². The average molecular weight is 247 g/mol. The summed E-state index contributed by atoms with van der Waals surface area (Å²) < 4.78 is 5.31. The highest BCUT2D eigenvalue weighted by Crippen LogP contribution is 2.35. The summed E-state index contributed by atoms with van der Waals surface area (Å²) >= 11 is 0. The molecule has 0 saturated heterocycles. The van der Waals surface area contributed by atoms with E-state index in [-0.39, 0.29) is 5.41 Å². The van der Waals surface area contributed by atoms with Gasteiger partial charge in [-0.3, -0.25) is 0 Å². The van der Waals surface area contributed by atoms with Gasteiger partial charge in [-0.25, -0.2) is 0 Å². The third-order valence-electron chi connectivity index (χ3n) is 3.78. The fourth-order valence-corrected chi connectivity index (χ4v) is 2.30. The minimum Gasteiger partial charge on any atom is -0.497 e. The summed E-state index contributed by atoms with van der Waals surface area (Å²) in [7, 11) is 5.91. The first-order chi connectivity index (χ1) is 8.43. The smallest absolute Gasteiger partial charge is 0.119 e. The van der Waals surface area contributed by atoms with Gasteiger partial charge >= 0.3 is 0 Å². The maximum Gasteiger partial charge on any atom is 0.119 e. The van der Waals surface area contributed by atoms with Crippen molar-refractivity contribution in [2.75, 3.05) is 27.7 Å². The van der Waals surface area contributed by atoms with Crippen LogP contribution in [0.1, 0.15) is 19.4 Å². The van der Waals surface area contributed by atoms with Crippen LogP contribution in [0.5, 0.6) is 5.75 Å². The summed E-state index contributed by atoms with van der Waals surface area (Å²) in [6.45, 7) is 9.57. The van der Waals surface area contributed by atoms with Crippen LogP contribution in [0, 0.1) is 5.92 Å². The third-order valence-corrected chi connectivity index (χ3v) is 3.78. The van der Waals surface area contributed by atoms with Gasteiger partial charge in [-0.05, 0) is 37.7 Å². The van der Waals surface area contributed by atoms with E-state index in [0.717, 1.165) is 12.3 Å². The molecule has 0 N–H and O–H groups in total. The molecule has 0 spiro atoms. The van der Waals surface area contributed by atoms with Crippen molar-refractivity contribution in [2.45, 2.75) is 19.3 Å². The first-order valence-corrected chi connectivity index (χ1v) is 6.37.